The van der Waals surface area contributed by atoms with Gasteiger partial charge in [0.25, 0.3) is 0 Å². The summed E-state index contributed by atoms with van der Waals surface area (Å²) in [6.45, 7) is 1.90. The molecule has 4 aromatic rings. The number of esters is 1. The van der Waals surface area contributed by atoms with E-state index < -0.39 is 17.1 Å². The van der Waals surface area contributed by atoms with Crippen LogP contribution < -0.4 is 5.73 Å². The molecule has 3 heterocycles. The zero-order chi connectivity index (χ0) is 25.8. The molecule has 1 unspecified atom stereocenters. The van der Waals surface area contributed by atoms with Gasteiger partial charge in [-0.05, 0) is 54.6 Å². The molecular weight excluding hydrogens is 537 g/mol. The van der Waals surface area contributed by atoms with Gasteiger partial charge in [-0.1, -0.05) is 36.4 Å². The number of carbonyl (C=O) groups excluding carboxylic acids is 1. The Labute approximate surface area is 222 Å². The van der Waals surface area contributed by atoms with Gasteiger partial charge in [-0.25, -0.2) is 14.2 Å². The van der Waals surface area contributed by atoms with Crippen molar-refractivity contribution in [3.05, 3.63) is 65.0 Å². The van der Waals surface area contributed by atoms with E-state index in [0.29, 0.717) is 28.8 Å². The number of carbonyl (C=O) groups is 1. The predicted octanol–water partition coefficient (Wildman–Crippen LogP) is 6.12. The Hall–Kier alpha value is -3.33. The molecule has 0 aliphatic heterocycles. The molecule has 2 aliphatic carbocycles. The number of benzene rings is 1. The van der Waals surface area contributed by atoms with Crippen molar-refractivity contribution < 1.29 is 13.9 Å². The Morgan fingerprint density at radius 3 is 2.59 bits per heavy atom. The fraction of sp³-hybridized carbons (Fsp3) is 0.357. The topological polar surface area (TPSA) is 95.4 Å². The third kappa shape index (κ3) is 3.82. The zero-order valence-corrected chi connectivity index (χ0v) is 22.0. The van der Waals surface area contributed by atoms with E-state index in [1.165, 1.54) is 0 Å². The normalized spacial score (nSPS) is 24.9. The van der Waals surface area contributed by atoms with Gasteiger partial charge >= 0.3 is 5.97 Å². The van der Waals surface area contributed by atoms with Gasteiger partial charge in [0.1, 0.15) is 5.82 Å². The lowest BCUT2D eigenvalue weighted by Crippen LogP contribution is -2.30. The van der Waals surface area contributed by atoms with Crippen molar-refractivity contribution in [2.24, 2.45) is 5.41 Å². The van der Waals surface area contributed by atoms with E-state index in [4.69, 9.17) is 15.5 Å². The standard InChI is InChI=1S/C28H27BrFN5O2/c1-2-37-26(36)28(30)16-27(28)12-10-18(11-13-27)23-22(29)24(31)35-25(34-23)20(15-33-35)19-8-9-21(32-14-19)17-6-4-3-5-7-17/h3-9,14-15,18H,2,10-13,16,31H2,1H3. The summed E-state index contributed by atoms with van der Waals surface area (Å²) in [5, 5.41) is 4.48. The second-order valence-corrected chi connectivity index (χ2v) is 10.8. The fourth-order valence-electron chi connectivity index (χ4n) is 5.79. The molecule has 2 saturated carbocycles. The third-order valence-electron chi connectivity index (χ3n) is 8.02. The lowest BCUT2D eigenvalue weighted by molar-refractivity contribution is -0.153. The van der Waals surface area contributed by atoms with Crippen molar-refractivity contribution in [1.82, 2.24) is 19.6 Å². The number of hydrogen-bond acceptors (Lipinski definition) is 6. The molecule has 2 fully saturated rings. The highest BCUT2D eigenvalue weighted by atomic mass is 79.9. The smallest absolute Gasteiger partial charge is 0.344 e. The summed E-state index contributed by atoms with van der Waals surface area (Å²) in [5.41, 5.74) is 9.20. The minimum atomic E-state index is -1.85. The van der Waals surface area contributed by atoms with Crippen molar-refractivity contribution >= 4 is 33.4 Å². The van der Waals surface area contributed by atoms with Gasteiger partial charge in [-0.15, -0.1) is 0 Å². The average Bonchev–Trinajstić information content (AvgIpc) is 3.28. The molecule has 0 saturated heterocycles. The Morgan fingerprint density at radius 2 is 1.92 bits per heavy atom. The molecule has 190 valence electrons. The number of anilines is 1. The molecular formula is C28H27BrFN5O2. The molecule has 7 nitrogen and oxygen atoms in total. The first kappa shape index (κ1) is 24.0. The van der Waals surface area contributed by atoms with Crippen LogP contribution in [0.1, 0.15) is 50.6 Å². The molecule has 1 aromatic carbocycles. The maximum Gasteiger partial charge on any atom is 0.344 e. The molecule has 0 bridgehead atoms. The monoisotopic (exact) mass is 563 g/mol. The van der Waals surface area contributed by atoms with Crippen molar-refractivity contribution in [3.63, 3.8) is 0 Å². The molecule has 6 rings (SSSR count). The summed E-state index contributed by atoms with van der Waals surface area (Å²) >= 11 is 3.64. The van der Waals surface area contributed by atoms with Crippen LogP contribution in [-0.4, -0.2) is 37.8 Å². The average molecular weight is 564 g/mol. The molecule has 37 heavy (non-hydrogen) atoms. The summed E-state index contributed by atoms with van der Waals surface area (Å²) in [6, 6.07) is 14.0. The second kappa shape index (κ2) is 8.90. The summed E-state index contributed by atoms with van der Waals surface area (Å²) in [4.78, 5) is 21.8. The van der Waals surface area contributed by atoms with Gasteiger partial charge in [0, 0.05) is 40.6 Å². The number of hydrogen-bond donors (Lipinski definition) is 1. The van der Waals surface area contributed by atoms with Crippen molar-refractivity contribution in [1.29, 1.82) is 0 Å². The first-order valence-electron chi connectivity index (χ1n) is 12.6. The lowest BCUT2D eigenvalue weighted by atomic mass is 9.76. The maximum atomic E-state index is 15.3. The number of alkyl halides is 1. The number of rotatable bonds is 5. The number of pyridine rings is 1. The minimum absolute atomic E-state index is 0.0978. The Balaban J connectivity index is 1.28. The zero-order valence-electron chi connectivity index (χ0n) is 20.5. The maximum absolute atomic E-state index is 15.3. The van der Waals surface area contributed by atoms with Crippen LogP contribution in [0.25, 0.3) is 28.0 Å². The Morgan fingerprint density at radius 1 is 1.16 bits per heavy atom. The summed E-state index contributed by atoms with van der Waals surface area (Å²) < 4.78 is 22.6. The number of nitrogen functional groups attached to an aromatic ring is 1. The van der Waals surface area contributed by atoms with Crippen molar-refractivity contribution in [3.8, 4) is 22.4 Å². The van der Waals surface area contributed by atoms with Crippen LogP contribution in [0.5, 0.6) is 0 Å². The van der Waals surface area contributed by atoms with E-state index in [1.54, 1.807) is 17.6 Å². The molecule has 3 aromatic heterocycles. The second-order valence-electron chi connectivity index (χ2n) is 10.0. The van der Waals surface area contributed by atoms with E-state index >= 15 is 4.39 Å². The highest BCUT2D eigenvalue weighted by Gasteiger charge is 2.74. The predicted molar refractivity (Wildman–Crippen MR) is 142 cm³/mol. The molecule has 0 amide bonds. The van der Waals surface area contributed by atoms with Crippen LogP contribution in [0.4, 0.5) is 10.2 Å². The molecule has 2 N–H and O–H groups in total. The van der Waals surface area contributed by atoms with E-state index in [9.17, 15) is 4.79 Å². The van der Waals surface area contributed by atoms with E-state index in [-0.39, 0.29) is 18.9 Å². The summed E-state index contributed by atoms with van der Waals surface area (Å²) in [6.07, 6.45) is 6.51. The SMILES string of the molecule is CCOC(=O)C1(F)CC12CCC(c1nc3c(-c4ccc(-c5ccccc5)nc4)cnn3c(N)c1Br)CC2. The van der Waals surface area contributed by atoms with Crippen molar-refractivity contribution in [2.45, 2.75) is 50.6 Å². The van der Waals surface area contributed by atoms with Crippen LogP contribution in [-0.2, 0) is 9.53 Å². The van der Waals surface area contributed by atoms with Crippen LogP contribution in [0, 0.1) is 5.41 Å². The van der Waals surface area contributed by atoms with E-state index in [1.807, 2.05) is 48.7 Å². The van der Waals surface area contributed by atoms with Crippen LogP contribution in [0.15, 0.2) is 59.3 Å². The number of nitrogens with two attached hydrogens (primary N) is 1. The van der Waals surface area contributed by atoms with Gasteiger partial charge in [-0.2, -0.15) is 9.61 Å². The number of nitrogens with zero attached hydrogens (tertiary/aromatic N) is 4. The Kier molecular flexibility index (Phi) is 5.78. The van der Waals surface area contributed by atoms with Crippen LogP contribution in [0.3, 0.4) is 0 Å². The fourth-order valence-corrected chi connectivity index (χ4v) is 6.37. The largest absolute Gasteiger partial charge is 0.464 e. The molecule has 0 radical (unpaired) electrons. The van der Waals surface area contributed by atoms with E-state index in [2.05, 4.69) is 26.0 Å². The third-order valence-corrected chi connectivity index (χ3v) is 8.83. The van der Waals surface area contributed by atoms with E-state index in [0.717, 1.165) is 40.9 Å². The first-order chi connectivity index (χ1) is 17.9. The van der Waals surface area contributed by atoms with Gasteiger partial charge in [0.05, 0.1) is 28.7 Å². The number of fused-ring (bicyclic) bond motifs is 1. The number of ether oxygens (including phenoxy) is 1. The first-order valence-corrected chi connectivity index (χ1v) is 13.4. The highest BCUT2D eigenvalue weighted by molar-refractivity contribution is 9.10. The molecule has 1 atom stereocenters. The van der Waals surface area contributed by atoms with Crippen LogP contribution >= 0.6 is 15.9 Å². The highest BCUT2D eigenvalue weighted by Crippen LogP contribution is 2.68. The van der Waals surface area contributed by atoms with Gasteiger partial charge in [0.15, 0.2) is 5.65 Å². The quantitative estimate of drug-likeness (QED) is 0.294. The van der Waals surface area contributed by atoms with Gasteiger partial charge in [0.2, 0.25) is 5.67 Å². The van der Waals surface area contributed by atoms with Crippen LogP contribution in [0.2, 0.25) is 0 Å². The number of aromatic nitrogens is 4. The summed E-state index contributed by atoms with van der Waals surface area (Å²) in [7, 11) is 0. The molecule has 9 heteroatoms. The summed E-state index contributed by atoms with van der Waals surface area (Å²) in [5.74, 6) is -0.145. The van der Waals surface area contributed by atoms with Gasteiger partial charge in [-0.3, -0.25) is 4.98 Å². The molecule has 2 aliphatic rings. The Bertz CT molecular complexity index is 1480. The number of halogens is 2. The van der Waals surface area contributed by atoms with Crippen molar-refractivity contribution in [2.75, 3.05) is 12.3 Å². The lowest BCUT2D eigenvalue weighted by Gasteiger charge is -2.30. The molecule has 1 spiro atoms. The van der Waals surface area contributed by atoms with Gasteiger partial charge < -0.3 is 10.5 Å². The minimum Gasteiger partial charge on any atom is -0.464 e.